The van der Waals surface area contributed by atoms with Crippen molar-refractivity contribution < 1.29 is 17.9 Å². The number of benzene rings is 1. The molecule has 0 amide bonds. The number of fused-ring (bicyclic) bond motifs is 1. The lowest BCUT2D eigenvalue weighted by Crippen LogP contribution is -2.20. The number of nitrogens with one attached hydrogen (secondary N) is 1. The van der Waals surface area contributed by atoms with Crippen LogP contribution in [0.2, 0.25) is 0 Å². The molecule has 0 aliphatic rings. The highest BCUT2D eigenvalue weighted by atomic mass is 32.2. The first kappa shape index (κ1) is 14.3. The third-order valence-corrected chi connectivity index (χ3v) is 3.94. The van der Waals surface area contributed by atoms with Crippen molar-refractivity contribution in [2.45, 2.75) is 12.7 Å². The summed E-state index contributed by atoms with van der Waals surface area (Å²) in [6.07, 6.45) is 0. The predicted molar refractivity (Wildman–Crippen MR) is 74.6 cm³/mol. The van der Waals surface area contributed by atoms with Gasteiger partial charge in [-0.05, 0) is 25.1 Å². The second-order valence-electron chi connectivity index (χ2n) is 4.30. The average molecular weight is 297 g/mol. The van der Waals surface area contributed by atoms with Crippen molar-refractivity contribution in [2.24, 2.45) is 0 Å². The molecule has 2 rings (SSSR count). The Bertz CT molecular complexity index is 736. The van der Waals surface area contributed by atoms with Crippen molar-refractivity contribution in [3.05, 3.63) is 24.0 Å². The van der Waals surface area contributed by atoms with Gasteiger partial charge < -0.3 is 15.5 Å². The Morgan fingerprint density at radius 3 is 2.90 bits per heavy atom. The average Bonchev–Trinajstić information content (AvgIpc) is 2.68. The molecule has 0 aliphatic heterocycles. The number of esters is 1. The van der Waals surface area contributed by atoms with Crippen LogP contribution in [0.25, 0.3) is 11.0 Å². The number of hydrogen-bond acceptors (Lipinski definition) is 6. The smallest absolute Gasteiger partial charge is 0.321 e. The standard InChI is InChI=1S/C12H15N3O4S/c1-2-19-12(16)7-20(17,18)6-11-14-9-4-3-8(13)5-10(9)15-11/h3-5H,2,6-7,13H2,1H3,(H,14,15). The molecule has 8 heteroatoms. The number of nitrogen functional groups attached to an aromatic ring is 1. The number of rotatable bonds is 5. The van der Waals surface area contributed by atoms with Crippen molar-refractivity contribution in [3.63, 3.8) is 0 Å². The van der Waals surface area contributed by atoms with E-state index in [0.717, 1.165) is 0 Å². The molecule has 0 aliphatic carbocycles. The van der Waals surface area contributed by atoms with Crippen molar-refractivity contribution in [2.75, 3.05) is 18.1 Å². The number of carbonyl (C=O) groups excluding carboxylic acids is 1. The second kappa shape index (κ2) is 5.49. The Balaban J connectivity index is 2.16. The Kier molecular flexibility index (Phi) is 3.93. The van der Waals surface area contributed by atoms with Crippen LogP contribution in [0, 0.1) is 0 Å². The molecule has 1 aromatic heterocycles. The largest absolute Gasteiger partial charge is 0.465 e. The highest BCUT2D eigenvalue weighted by Crippen LogP contribution is 2.16. The topological polar surface area (TPSA) is 115 Å². The summed E-state index contributed by atoms with van der Waals surface area (Å²) in [6, 6.07) is 5.05. The molecule has 2 aromatic rings. The SMILES string of the molecule is CCOC(=O)CS(=O)(=O)Cc1nc2ccc(N)cc2[nH]1. The van der Waals surface area contributed by atoms with E-state index in [1.54, 1.807) is 25.1 Å². The summed E-state index contributed by atoms with van der Waals surface area (Å²) in [6.45, 7) is 1.77. The van der Waals surface area contributed by atoms with Gasteiger partial charge in [0.15, 0.2) is 9.84 Å². The summed E-state index contributed by atoms with van der Waals surface area (Å²) < 4.78 is 28.3. The maximum Gasteiger partial charge on any atom is 0.321 e. The van der Waals surface area contributed by atoms with Crippen LogP contribution in [-0.4, -0.2) is 36.7 Å². The number of aromatic amines is 1. The van der Waals surface area contributed by atoms with Gasteiger partial charge in [-0.1, -0.05) is 0 Å². The van der Waals surface area contributed by atoms with E-state index in [1.807, 2.05) is 0 Å². The van der Waals surface area contributed by atoms with Crippen LogP contribution in [0.15, 0.2) is 18.2 Å². The molecule has 0 radical (unpaired) electrons. The van der Waals surface area contributed by atoms with Gasteiger partial charge in [-0.15, -0.1) is 0 Å². The third-order valence-electron chi connectivity index (χ3n) is 2.55. The number of imidazole rings is 1. The number of carbonyl (C=O) groups is 1. The van der Waals surface area contributed by atoms with Crippen LogP contribution in [0.3, 0.4) is 0 Å². The number of nitrogens with zero attached hydrogens (tertiary/aromatic N) is 1. The number of ether oxygens (including phenoxy) is 1. The number of H-pyrrole nitrogens is 1. The van der Waals surface area contributed by atoms with Gasteiger partial charge in [0.05, 0.1) is 17.6 Å². The van der Waals surface area contributed by atoms with Crippen LogP contribution in [0.1, 0.15) is 12.7 Å². The second-order valence-corrected chi connectivity index (χ2v) is 6.36. The molecule has 20 heavy (non-hydrogen) atoms. The molecular weight excluding hydrogens is 282 g/mol. The molecule has 7 nitrogen and oxygen atoms in total. The third kappa shape index (κ3) is 3.47. The lowest BCUT2D eigenvalue weighted by molar-refractivity contribution is -0.139. The van der Waals surface area contributed by atoms with Crippen LogP contribution < -0.4 is 5.73 Å². The molecule has 0 saturated heterocycles. The van der Waals surface area contributed by atoms with Gasteiger partial charge in [-0.2, -0.15) is 0 Å². The van der Waals surface area contributed by atoms with E-state index in [4.69, 9.17) is 5.73 Å². The van der Waals surface area contributed by atoms with E-state index in [1.165, 1.54) is 0 Å². The quantitative estimate of drug-likeness (QED) is 0.617. The maximum atomic E-state index is 11.8. The lowest BCUT2D eigenvalue weighted by atomic mass is 10.3. The van der Waals surface area contributed by atoms with Gasteiger partial charge in [0.25, 0.3) is 0 Å². The van der Waals surface area contributed by atoms with E-state index in [9.17, 15) is 13.2 Å². The Morgan fingerprint density at radius 2 is 2.20 bits per heavy atom. The summed E-state index contributed by atoms with van der Waals surface area (Å²) in [7, 11) is -3.61. The normalized spacial score (nSPS) is 11.7. The van der Waals surface area contributed by atoms with E-state index < -0.39 is 21.6 Å². The summed E-state index contributed by atoms with van der Waals surface area (Å²) in [5.41, 5.74) is 7.47. The summed E-state index contributed by atoms with van der Waals surface area (Å²) in [4.78, 5) is 18.2. The number of sulfone groups is 1. The lowest BCUT2D eigenvalue weighted by Gasteiger charge is -2.02. The minimum absolute atomic E-state index is 0.151. The number of hydrogen-bond donors (Lipinski definition) is 2. The summed E-state index contributed by atoms with van der Waals surface area (Å²) >= 11 is 0. The fourth-order valence-corrected chi connectivity index (χ4v) is 2.89. The zero-order valence-corrected chi connectivity index (χ0v) is 11.7. The van der Waals surface area contributed by atoms with Gasteiger partial charge in [-0.25, -0.2) is 13.4 Å². The molecule has 0 atom stereocenters. The van der Waals surface area contributed by atoms with E-state index >= 15 is 0 Å². The number of aromatic nitrogens is 2. The van der Waals surface area contributed by atoms with Crippen molar-refractivity contribution in [1.29, 1.82) is 0 Å². The highest BCUT2D eigenvalue weighted by Gasteiger charge is 2.20. The molecule has 0 spiro atoms. The fourth-order valence-electron chi connectivity index (χ4n) is 1.79. The first-order valence-electron chi connectivity index (χ1n) is 6.00. The molecule has 3 N–H and O–H groups in total. The van der Waals surface area contributed by atoms with Gasteiger partial charge in [-0.3, -0.25) is 4.79 Å². The number of anilines is 1. The molecule has 1 aromatic carbocycles. The zero-order valence-electron chi connectivity index (χ0n) is 10.9. The van der Waals surface area contributed by atoms with Crippen molar-refractivity contribution >= 4 is 32.5 Å². The Morgan fingerprint density at radius 1 is 1.45 bits per heavy atom. The minimum Gasteiger partial charge on any atom is -0.465 e. The van der Waals surface area contributed by atoms with Crippen molar-refractivity contribution in [3.8, 4) is 0 Å². The molecule has 0 bridgehead atoms. The molecule has 0 fully saturated rings. The Labute approximate surface area is 116 Å². The zero-order chi connectivity index (χ0) is 14.8. The van der Waals surface area contributed by atoms with E-state index in [0.29, 0.717) is 16.7 Å². The van der Waals surface area contributed by atoms with E-state index in [2.05, 4.69) is 14.7 Å². The molecule has 0 saturated carbocycles. The van der Waals surface area contributed by atoms with Gasteiger partial charge >= 0.3 is 5.97 Å². The van der Waals surface area contributed by atoms with E-state index in [-0.39, 0.29) is 18.2 Å². The van der Waals surface area contributed by atoms with Crippen LogP contribution in [-0.2, 0) is 25.1 Å². The summed E-state index contributed by atoms with van der Waals surface area (Å²) in [5, 5.41) is 0. The number of nitrogens with two attached hydrogens (primary N) is 1. The minimum atomic E-state index is -3.61. The Hall–Kier alpha value is -2.09. The van der Waals surface area contributed by atoms with Gasteiger partial charge in [0.2, 0.25) is 0 Å². The van der Waals surface area contributed by atoms with Crippen LogP contribution in [0.5, 0.6) is 0 Å². The van der Waals surface area contributed by atoms with Gasteiger partial charge in [0.1, 0.15) is 17.3 Å². The van der Waals surface area contributed by atoms with Crippen LogP contribution >= 0.6 is 0 Å². The van der Waals surface area contributed by atoms with Gasteiger partial charge in [0, 0.05) is 5.69 Å². The molecular formula is C12H15N3O4S. The molecule has 1 heterocycles. The fraction of sp³-hybridized carbons (Fsp3) is 0.333. The first-order valence-corrected chi connectivity index (χ1v) is 7.82. The van der Waals surface area contributed by atoms with Crippen molar-refractivity contribution in [1.82, 2.24) is 9.97 Å². The maximum absolute atomic E-state index is 11.8. The van der Waals surface area contributed by atoms with Crippen LogP contribution in [0.4, 0.5) is 5.69 Å². The first-order chi connectivity index (χ1) is 9.39. The molecule has 108 valence electrons. The monoisotopic (exact) mass is 297 g/mol. The predicted octanol–water partition coefficient (Wildman–Crippen LogP) is 0.623. The molecule has 0 unspecified atom stereocenters. The highest BCUT2D eigenvalue weighted by molar-refractivity contribution is 7.91. The summed E-state index contributed by atoms with van der Waals surface area (Å²) in [5.74, 6) is -1.48.